The van der Waals surface area contributed by atoms with E-state index in [-0.39, 0.29) is 18.8 Å². The lowest BCUT2D eigenvalue weighted by Crippen LogP contribution is -2.17. The zero-order valence-corrected chi connectivity index (χ0v) is 10.5. The van der Waals surface area contributed by atoms with Crippen molar-refractivity contribution in [1.82, 2.24) is 0 Å². The Kier molecular flexibility index (Phi) is 4.01. The number of ether oxygens (including phenoxy) is 2. The summed E-state index contributed by atoms with van der Waals surface area (Å²) in [5, 5.41) is 10.4. The quantitative estimate of drug-likeness (QED) is 0.474. The van der Waals surface area contributed by atoms with Gasteiger partial charge in [0.25, 0.3) is 0 Å². The van der Waals surface area contributed by atoms with E-state index in [1.807, 2.05) is 0 Å². The zero-order chi connectivity index (χ0) is 15.6. The molecule has 6 nitrogen and oxygen atoms in total. The van der Waals surface area contributed by atoms with Gasteiger partial charge in [0.2, 0.25) is 6.04 Å². The van der Waals surface area contributed by atoms with Gasteiger partial charge in [0.05, 0.1) is 0 Å². The summed E-state index contributed by atoms with van der Waals surface area (Å²) in [7, 11) is 0. The van der Waals surface area contributed by atoms with Crippen molar-refractivity contribution in [2.24, 2.45) is 5.92 Å². The normalized spacial score (nSPS) is 20.7. The molecule has 1 aliphatic rings. The number of alkyl halides is 3. The predicted molar refractivity (Wildman–Crippen MR) is 61.8 cm³/mol. The molecular weight excluding hydrogens is 295 g/mol. The van der Waals surface area contributed by atoms with E-state index in [1.165, 1.54) is 12.1 Å². The summed E-state index contributed by atoms with van der Waals surface area (Å²) in [6, 6.07) is 3.92. The molecule has 0 bridgehead atoms. The van der Waals surface area contributed by atoms with Gasteiger partial charge in [0.15, 0.2) is 0 Å². The molecule has 2 unspecified atom stereocenters. The van der Waals surface area contributed by atoms with Crippen LogP contribution in [0.5, 0.6) is 5.75 Å². The van der Waals surface area contributed by atoms with Crippen molar-refractivity contribution >= 4 is 5.97 Å². The molecule has 2 atom stereocenters. The predicted octanol–water partition coefficient (Wildman–Crippen LogP) is 2.29. The molecule has 0 aromatic heterocycles. The van der Waals surface area contributed by atoms with Crippen molar-refractivity contribution in [3.63, 3.8) is 0 Å². The van der Waals surface area contributed by atoms with Gasteiger partial charge in [-0.05, 0) is 17.7 Å². The van der Waals surface area contributed by atoms with Crippen LogP contribution in [-0.4, -0.2) is 23.3 Å². The largest absolute Gasteiger partial charge is 0.573 e. The van der Waals surface area contributed by atoms with Crippen LogP contribution in [0.1, 0.15) is 12.0 Å². The zero-order valence-electron chi connectivity index (χ0n) is 10.5. The number of benzene rings is 1. The fourth-order valence-electron chi connectivity index (χ4n) is 1.72. The number of hydrogen-bond acceptors (Lipinski definition) is 5. The molecule has 9 heteroatoms. The van der Waals surface area contributed by atoms with Crippen LogP contribution in [0.2, 0.25) is 0 Å². The molecule has 0 spiro atoms. The molecule has 1 fully saturated rings. The Morgan fingerprint density at radius 2 is 1.95 bits per heavy atom. The van der Waals surface area contributed by atoms with Gasteiger partial charge in [-0.25, -0.2) is 0 Å². The van der Waals surface area contributed by atoms with E-state index >= 15 is 0 Å². The summed E-state index contributed by atoms with van der Waals surface area (Å²) in [6.45, 7) is -0.161. The smallest absolute Gasteiger partial charge is 0.460 e. The maximum absolute atomic E-state index is 11.9. The number of carbonyl (C=O) groups is 1. The van der Waals surface area contributed by atoms with Crippen LogP contribution >= 0.6 is 0 Å². The first-order valence-corrected chi connectivity index (χ1v) is 5.91. The van der Waals surface area contributed by atoms with Crippen molar-refractivity contribution in [3.8, 4) is 5.75 Å². The monoisotopic (exact) mass is 305 g/mol. The SMILES string of the molecule is O=C(OCc1ccc(OC(F)(F)F)cc1)C1CC1[N+](=O)[O-]. The van der Waals surface area contributed by atoms with E-state index in [9.17, 15) is 28.1 Å². The van der Waals surface area contributed by atoms with Crippen molar-refractivity contribution in [2.75, 3.05) is 0 Å². The molecule has 0 heterocycles. The van der Waals surface area contributed by atoms with Crippen LogP contribution in [-0.2, 0) is 16.1 Å². The maximum atomic E-state index is 11.9. The first-order valence-electron chi connectivity index (χ1n) is 5.91. The molecule has 0 radical (unpaired) electrons. The van der Waals surface area contributed by atoms with Crippen LogP contribution in [0, 0.1) is 16.0 Å². The average molecular weight is 305 g/mol. The Balaban J connectivity index is 1.82. The molecule has 21 heavy (non-hydrogen) atoms. The van der Waals surface area contributed by atoms with Crippen LogP contribution in [0.15, 0.2) is 24.3 Å². The lowest BCUT2D eigenvalue weighted by molar-refractivity contribution is -0.497. The standard InChI is InChI=1S/C12H10F3NO5/c13-12(14,15)21-8-3-1-7(2-4-8)6-20-11(17)9-5-10(9)16(18)19/h1-4,9-10H,5-6H2. The summed E-state index contributed by atoms with van der Waals surface area (Å²) in [4.78, 5) is 21.3. The lowest BCUT2D eigenvalue weighted by atomic mass is 10.2. The minimum Gasteiger partial charge on any atom is -0.460 e. The maximum Gasteiger partial charge on any atom is 0.573 e. The van der Waals surface area contributed by atoms with Gasteiger partial charge in [-0.3, -0.25) is 14.9 Å². The molecule has 1 aliphatic carbocycles. The van der Waals surface area contributed by atoms with E-state index in [4.69, 9.17) is 4.74 Å². The summed E-state index contributed by atoms with van der Waals surface area (Å²) < 4.78 is 44.4. The second-order valence-electron chi connectivity index (χ2n) is 4.49. The van der Waals surface area contributed by atoms with Crippen molar-refractivity contribution < 1.29 is 32.4 Å². The van der Waals surface area contributed by atoms with E-state index in [1.54, 1.807) is 0 Å². The number of carbonyl (C=O) groups excluding carboxylic acids is 1. The van der Waals surface area contributed by atoms with E-state index in [0.29, 0.717) is 5.56 Å². The van der Waals surface area contributed by atoms with Gasteiger partial charge in [0, 0.05) is 11.3 Å². The highest BCUT2D eigenvalue weighted by molar-refractivity contribution is 5.76. The highest BCUT2D eigenvalue weighted by atomic mass is 19.4. The van der Waals surface area contributed by atoms with Crippen molar-refractivity contribution in [2.45, 2.75) is 25.4 Å². The molecule has 1 saturated carbocycles. The van der Waals surface area contributed by atoms with E-state index in [0.717, 1.165) is 12.1 Å². The van der Waals surface area contributed by atoms with Gasteiger partial charge in [0.1, 0.15) is 18.3 Å². The molecule has 0 saturated heterocycles. The lowest BCUT2D eigenvalue weighted by Gasteiger charge is -2.09. The van der Waals surface area contributed by atoms with Gasteiger partial charge in [-0.2, -0.15) is 0 Å². The van der Waals surface area contributed by atoms with Gasteiger partial charge >= 0.3 is 12.3 Å². The highest BCUT2D eigenvalue weighted by Crippen LogP contribution is 2.34. The van der Waals surface area contributed by atoms with E-state index in [2.05, 4.69) is 4.74 Å². The number of esters is 1. The van der Waals surface area contributed by atoms with Crippen LogP contribution < -0.4 is 4.74 Å². The Bertz CT molecular complexity index is 543. The third-order valence-electron chi connectivity index (χ3n) is 2.87. The first-order chi connectivity index (χ1) is 9.76. The third kappa shape index (κ3) is 4.33. The van der Waals surface area contributed by atoms with Crippen molar-refractivity contribution in [1.29, 1.82) is 0 Å². The Morgan fingerprint density at radius 3 is 2.43 bits per heavy atom. The Morgan fingerprint density at radius 1 is 1.33 bits per heavy atom. The third-order valence-corrected chi connectivity index (χ3v) is 2.87. The van der Waals surface area contributed by atoms with Crippen molar-refractivity contribution in [3.05, 3.63) is 39.9 Å². The van der Waals surface area contributed by atoms with E-state index < -0.39 is 29.2 Å². The van der Waals surface area contributed by atoms with Crippen LogP contribution in [0.25, 0.3) is 0 Å². The number of rotatable bonds is 5. The minimum atomic E-state index is -4.77. The summed E-state index contributed by atoms with van der Waals surface area (Å²) in [6.07, 6.45) is -4.61. The molecular formula is C12H10F3NO5. The molecule has 1 aromatic rings. The molecule has 114 valence electrons. The van der Waals surface area contributed by atoms with Gasteiger partial charge in [-0.1, -0.05) is 12.1 Å². The fraction of sp³-hybridized carbons (Fsp3) is 0.417. The van der Waals surface area contributed by atoms with Gasteiger partial charge < -0.3 is 9.47 Å². The fourth-order valence-corrected chi connectivity index (χ4v) is 1.72. The number of halogens is 3. The Hall–Kier alpha value is -2.32. The summed E-state index contributed by atoms with van der Waals surface area (Å²) >= 11 is 0. The molecule has 2 rings (SSSR count). The first kappa shape index (κ1) is 15.1. The van der Waals surface area contributed by atoms with Crippen LogP contribution in [0.4, 0.5) is 13.2 Å². The molecule has 0 N–H and O–H groups in total. The van der Waals surface area contributed by atoms with Crippen LogP contribution in [0.3, 0.4) is 0 Å². The number of nitrogens with zero attached hydrogens (tertiary/aromatic N) is 1. The second kappa shape index (κ2) is 5.58. The summed E-state index contributed by atoms with van der Waals surface area (Å²) in [5.41, 5.74) is 0.455. The molecule has 0 amide bonds. The topological polar surface area (TPSA) is 78.7 Å². The molecule has 1 aromatic carbocycles. The number of nitro groups is 1. The second-order valence-corrected chi connectivity index (χ2v) is 4.49. The van der Waals surface area contributed by atoms with Gasteiger partial charge in [-0.15, -0.1) is 13.2 Å². The average Bonchev–Trinajstić information content (AvgIpc) is 3.16. The Labute approximate surface area is 116 Å². The number of hydrogen-bond donors (Lipinski definition) is 0. The highest BCUT2D eigenvalue weighted by Gasteiger charge is 2.54. The minimum absolute atomic E-state index is 0.157. The molecule has 0 aliphatic heterocycles. The summed E-state index contributed by atoms with van der Waals surface area (Å²) in [5.74, 6) is -1.78.